The number of amides is 1. The molecular weight excluding hydrogens is 205 g/mol. The molecule has 1 aromatic rings. The number of hydrogen-bond donors (Lipinski definition) is 1. The van der Waals surface area contributed by atoms with Gasteiger partial charge in [0, 0.05) is 16.6 Å². The first-order chi connectivity index (χ1) is 6.49. The van der Waals surface area contributed by atoms with Gasteiger partial charge in [-0.15, -0.1) is 0 Å². The molecule has 0 aliphatic carbocycles. The second kappa shape index (κ2) is 4.42. The van der Waals surface area contributed by atoms with Gasteiger partial charge in [0.05, 0.1) is 0 Å². The Hall–Kier alpha value is -1.09. The van der Waals surface area contributed by atoms with Gasteiger partial charge in [-0.2, -0.15) is 0 Å². The maximum atomic E-state index is 12.8. The molecule has 0 saturated heterocycles. The second-order valence-electron chi connectivity index (χ2n) is 3.30. The summed E-state index contributed by atoms with van der Waals surface area (Å²) in [5, 5.41) is 2.83. The van der Waals surface area contributed by atoms with E-state index in [0.29, 0.717) is 5.69 Å². The number of anilines is 1. The Morgan fingerprint density at radius 1 is 1.43 bits per heavy atom. The van der Waals surface area contributed by atoms with E-state index in [-0.39, 0.29) is 16.8 Å². The number of benzene rings is 1. The van der Waals surface area contributed by atoms with Crippen LogP contribution in [0.15, 0.2) is 18.2 Å². The molecule has 0 spiro atoms. The van der Waals surface area contributed by atoms with E-state index in [4.69, 9.17) is 11.6 Å². The highest BCUT2D eigenvalue weighted by atomic mass is 35.5. The van der Waals surface area contributed by atoms with Crippen LogP contribution in [-0.2, 0) is 4.79 Å². The van der Waals surface area contributed by atoms with Crippen LogP contribution in [0.1, 0.15) is 13.8 Å². The van der Waals surface area contributed by atoms with Crippen molar-refractivity contribution in [2.45, 2.75) is 13.8 Å². The lowest BCUT2D eigenvalue weighted by Gasteiger charge is -2.07. The van der Waals surface area contributed by atoms with Gasteiger partial charge in [0.1, 0.15) is 5.82 Å². The quantitative estimate of drug-likeness (QED) is 0.807. The molecule has 0 aromatic heterocycles. The average molecular weight is 216 g/mol. The first-order valence-electron chi connectivity index (χ1n) is 4.26. The molecule has 0 fully saturated rings. The van der Waals surface area contributed by atoms with E-state index < -0.39 is 5.82 Å². The number of halogens is 2. The van der Waals surface area contributed by atoms with Crippen molar-refractivity contribution in [3.05, 3.63) is 29.0 Å². The summed E-state index contributed by atoms with van der Waals surface area (Å²) >= 11 is 5.62. The summed E-state index contributed by atoms with van der Waals surface area (Å²) < 4.78 is 12.8. The number of carbonyl (C=O) groups excluding carboxylic acids is 1. The van der Waals surface area contributed by atoms with Crippen molar-refractivity contribution in [3.63, 3.8) is 0 Å². The number of carbonyl (C=O) groups is 1. The van der Waals surface area contributed by atoms with Crippen LogP contribution in [0.4, 0.5) is 10.1 Å². The topological polar surface area (TPSA) is 29.1 Å². The van der Waals surface area contributed by atoms with Crippen molar-refractivity contribution in [2.24, 2.45) is 5.92 Å². The minimum atomic E-state index is -0.462. The summed E-state index contributed by atoms with van der Waals surface area (Å²) in [6.07, 6.45) is 0. The normalized spacial score (nSPS) is 10.4. The Kier molecular flexibility index (Phi) is 3.47. The van der Waals surface area contributed by atoms with E-state index in [9.17, 15) is 9.18 Å². The van der Waals surface area contributed by atoms with Crippen LogP contribution in [-0.4, -0.2) is 5.91 Å². The Morgan fingerprint density at radius 3 is 2.57 bits per heavy atom. The summed E-state index contributed by atoms with van der Waals surface area (Å²) in [5.41, 5.74) is 0.383. The van der Waals surface area contributed by atoms with Gasteiger partial charge in [-0.05, 0) is 18.2 Å². The lowest BCUT2D eigenvalue weighted by Crippen LogP contribution is -2.17. The minimum absolute atomic E-state index is 0.142. The van der Waals surface area contributed by atoms with Crippen LogP contribution in [0, 0.1) is 11.7 Å². The van der Waals surface area contributed by atoms with Crippen molar-refractivity contribution in [1.82, 2.24) is 0 Å². The van der Waals surface area contributed by atoms with Gasteiger partial charge < -0.3 is 5.32 Å². The fraction of sp³-hybridized carbons (Fsp3) is 0.300. The molecule has 76 valence electrons. The van der Waals surface area contributed by atoms with Gasteiger partial charge in [0.25, 0.3) is 0 Å². The summed E-state index contributed by atoms with van der Waals surface area (Å²) in [7, 11) is 0. The highest BCUT2D eigenvalue weighted by molar-refractivity contribution is 6.30. The molecule has 1 amide bonds. The molecule has 4 heteroatoms. The summed E-state index contributed by atoms with van der Waals surface area (Å²) in [6.45, 7) is 3.52. The van der Waals surface area contributed by atoms with E-state index in [0.717, 1.165) is 0 Å². The molecule has 0 bridgehead atoms. The molecule has 1 rings (SSSR count). The maximum Gasteiger partial charge on any atom is 0.226 e. The fourth-order valence-electron chi connectivity index (χ4n) is 0.913. The van der Waals surface area contributed by atoms with Crippen molar-refractivity contribution in [3.8, 4) is 0 Å². The number of hydrogen-bond acceptors (Lipinski definition) is 1. The Morgan fingerprint density at radius 2 is 2.07 bits per heavy atom. The van der Waals surface area contributed by atoms with Gasteiger partial charge in [0.15, 0.2) is 0 Å². The lowest BCUT2D eigenvalue weighted by atomic mass is 10.2. The predicted molar refractivity (Wildman–Crippen MR) is 54.9 cm³/mol. The van der Waals surface area contributed by atoms with Crippen molar-refractivity contribution < 1.29 is 9.18 Å². The molecule has 14 heavy (non-hydrogen) atoms. The van der Waals surface area contributed by atoms with Crippen molar-refractivity contribution in [2.75, 3.05) is 5.32 Å². The van der Waals surface area contributed by atoms with Crippen LogP contribution in [0.3, 0.4) is 0 Å². The highest BCUT2D eigenvalue weighted by Gasteiger charge is 2.07. The third kappa shape index (κ3) is 3.00. The molecule has 2 nitrogen and oxygen atoms in total. The average Bonchev–Trinajstić information content (AvgIpc) is 2.01. The second-order valence-corrected chi connectivity index (χ2v) is 3.74. The largest absolute Gasteiger partial charge is 0.326 e. The molecular formula is C10H11ClFNO. The molecule has 0 atom stereocenters. The molecule has 0 saturated carbocycles. The highest BCUT2D eigenvalue weighted by Crippen LogP contribution is 2.18. The maximum absolute atomic E-state index is 12.8. The van der Waals surface area contributed by atoms with E-state index in [2.05, 4.69) is 5.32 Å². The van der Waals surface area contributed by atoms with Crippen LogP contribution in [0.5, 0.6) is 0 Å². The molecule has 0 unspecified atom stereocenters. The minimum Gasteiger partial charge on any atom is -0.326 e. The van der Waals surface area contributed by atoms with Crippen LogP contribution in [0.25, 0.3) is 0 Å². The third-order valence-corrected chi connectivity index (χ3v) is 1.87. The number of nitrogens with one attached hydrogen (secondary N) is 1. The molecule has 0 aliphatic rings. The summed E-state index contributed by atoms with van der Waals surface area (Å²) in [5.74, 6) is -0.764. The zero-order valence-corrected chi connectivity index (χ0v) is 8.73. The monoisotopic (exact) mass is 215 g/mol. The molecule has 0 radical (unpaired) electrons. The van der Waals surface area contributed by atoms with Crippen LogP contribution >= 0.6 is 11.6 Å². The van der Waals surface area contributed by atoms with Crippen LogP contribution < -0.4 is 5.32 Å². The van der Waals surface area contributed by atoms with Gasteiger partial charge in [-0.3, -0.25) is 4.79 Å². The van der Waals surface area contributed by atoms with E-state index >= 15 is 0 Å². The van der Waals surface area contributed by atoms with E-state index in [1.165, 1.54) is 18.2 Å². The number of rotatable bonds is 2. The first kappa shape index (κ1) is 11.0. The van der Waals surface area contributed by atoms with Crippen molar-refractivity contribution in [1.29, 1.82) is 0 Å². The summed E-state index contributed by atoms with van der Waals surface area (Å²) in [4.78, 5) is 11.3. The smallest absolute Gasteiger partial charge is 0.226 e. The Labute approximate surface area is 87.1 Å². The van der Waals surface area contributed by atoms with Gasteiger partial charge in [-0.1, -0.05) is 25.4 Å². The fourth-order valence-corrected chi connectivity index (χ4v) is 1.13. The predicted octanol–water partition coefficient (Wildman–Crippen LogP) is 3.07. The Bertz CT molecular complexity index is 332. The van der Waals surface area contributed by atoms with Gasteiger partial charge in [0.2, 0.25) is 5.91 Å². The molecule has 1 aromatic carbocycles. The van der Waals surface area contributed by atoms with Crippen LogP contribution in [0.2, 0.25) is 5.02 Å². The zero-order valence-electron chi connectivity index (χ0n) is 7.97. The Balaban J connectivity index is 2.82. The van der Waals surface area contributed by atoms with E-state index in [1.807, 2.05) is 0 Å². The molecule has 0 heterocycles. The van der Waals surface area contributed by atoms with E-state index in [1.54, 1.807) is 13.8 Å². The lowest BCUT2D eigenvalue weighted by molar-refractivity contribution is -0.118. The first-order valence-corrected chi connectivity index (χ1v) is 4.64. The third-order valence-electron chi connectivity index (χ3n) is 1.65. The summed E-state index contributed by atoms with van der Waals surface area (Å²) in [6, 6.07) is 3.92. The molecule has 1 N–H and O–H groups in total. The SMILES string of the molecule is CC(C)C(=O)Nc1cc(F)cc(Cl)c1. The van der Waals surface area contributed by atoms with Crippen molar-refractivity contribution >= 4 is 23.2 Å². The van der Waals surface area contributed by atoms with Gasteiger partial charge >= 0.3 is 0 Å². The zero-order chi connectivity index (χ0) is 10.7. The van der Waals surface area contributed by atoms with Gasteiger partial charge in [-0.25, -0.2) is 4.39 Å². The standard InChI is InChI=1S/C10H11ClFNO/c1-6(2)10(14)13-9-4-7(11)3-8(12)5-9/h3-6H,1-2H3,(H,13,14). The molecule has 0 aliphatic heterocycles.